The van der Waals surface area contributed by atoms with Crippen LogP contribution < -0.4 is 5.73 Å². The van der Waals surface area contributed by atoms with Gasteiger partial charge in [-0.15, -0.1) is 0 Å². The van der Waals surface area contributed by atoms with Crippen molar-refractivity contribution in [3.63, 3.8) is 0 Å². The summed E-state index contributed by atoms with van der Waals surface area (Å²) in [6.07, 6.45) is -13.9. The largest absolute Gasteiger partial charge is 0.423 e. The van der Waals surface area contributed by atoms with E-state index in [4.69, 9.17) is 5.73 Å². The van der Waals surface area contributed by atoms with Crippen molar-refractivity contribution in [2.75, 3.05) is 0 Å². The van der Waals surface area contributed by atoms with E-state index in [1.54, 1.807) is 6.92 Å². The molecule has 0 aliphatic heterocycles. The van der Waals surface area contributed by atoms with E-state index >= 15 is 0 Å². The fraction of sp³-hybridized carbons (Fsp3) is 0.583. The van der Waals surface area contributed by atoms with E-state index < -0.39 is 30.6 Å². The molecule has 0 bridgehead atoms. The predicted molar refractivity (Wildman–Crippen MR) is 62.2 cm³/mol. The zero-order chi connectivity index (χ0) is 16.3. The third kappa shape index (κ3) is 4.85. The molecule has 2 atom stereocenters. The van der Waals surface area contributed by atoms with Crippen molar-refractivity contribution in [2.45, 2.75) is 43.9 Å². The maximum absolute atomic E-state index is 12.6. The molecule has 1 aromatic heterocycles. The van der Waals surface area contributed by atoms with E-state index in [2.05, 4.69) is 9.72 Å². The minimum Gasteiger partial charge on any atom is -0.351 e. The minimum atomic E-state index is -5.57. The first-order valence-electron chi connectivity index (χ1n) is 6.01. The van der Waals surface area contributed by atoms with Crippen LogP contribution >= 0.6 is 0 Å². The average molecular weight is 316 g/mol. The highest BCUT2D eigenvalue weighted by molar-refractivity contribution is 5.15. The van der Waals surface area contributed by atoms with Crippen LogP contribution in [-0.4, -0.2) is 29.5 Å². The van der Waals surface area contributed by atoms with Crippen molar-refractivity contribution < 1.29 is 31.1 Å². The third-order valence-corrected chi connectivity index (χ3v) is 2.77. The summed E-state index contributed by atoms with van der Waals surface area (Å²) in [4.78, 5) is 3.65. The standard InChI is InChI=1S/C12H14F6N2O/c1-2-8(19)9(7-3-5-20-6-4-7)21-10(11(13,14)15)12(16,17)18/h3-6,8-10H,2,19H2,1H3. The molecule has 120 valence electrons. The summed E-state index contributed by atoms with van der Waals surface area (Å²) in [7, 11) is 0. The maximum Gasteiger partial charge on any atom is 0.423 e. The van der Waals surface area contributed by atoms with E-state index in [0.29, 0.717) is 0 Å². The van der Waals surface area contributed by atoms with Crippen LogP contribution in [0.5, 0.6) is 0 Å². The molecule has 21 heavy (non-hydrogen) atoms. The number of alkyl halides is 6. The van der Waals surface area contributed by atoms with Crippen molar-refractivity contribution in [1.29, 1.82) is 0 Å². The summed E-state index contributed by atoms with van der Waals surface area (Å²) < 4.78 is 79.7. The van der Waals surface area contributed by atoms with Crippen LogP contribution in [0.2, 0.25) is 0 Å². The van der Waals surface area contributed by atoms with Gasteiger partial charge < -0.3 is 10.5 Å². The molecule has 0 aliphatic rings. The van der Waals surface area contributed by atoms with Crippen molar-refractivity contribution in [3.05, 3.63) is 30.1 Å². The summed E-state index contributed by atoms with van der Waals surface area (Å²) in [5.74, 6) is 0. The number of hydrogen-bond donors (Lipinski definition) is 1. The smallest absolute Gasteiger partial charge is 0.351 e. The zero-order valence-corrected chi connectivity index (χ0v) is 10.9. The Morgan fingerprint density at radius 1 is 1.10 bits per heavy atom. The average Bonchev–Trinajstić information content (AvgIpc) is 2.36. The van der Waals surface area contributed by atoms with Crippen LogP contribution in [0.3, 0.4) is 0 Å². The van der Waals surface area contributed by atoms with Crippen molar-refractivity contribution in [2.24, 2.45) is 5.73 Å². The molecule has 2 N–H and O–H groups in total. The molecule has 0 radical (unpaired) electrons. The molecule has 0 saturated carbocycles. The number of ether oxygens (including phenoxy) is 1. The number of nitrogens with zero attached hydrogens (tertiary/aromatic N) is 1. The van der Waals surface area contributed by atoms with Gasteiger partial charge in [0, 0.05) is 18.4 Å². The van der Waals surface area contributed by atoms with E-state index in [9.17, 15) is 26.3 Å². The summed E-state index contributed by atoms with van der Waals surface area (Å²) in [5, 5.41) is 0. The molecule has 0 spiro atoms. The highest BCUT2D eigenvalue weighted by Crippen LogP contribution is 2.39. The Hall–Kier alpha value is -1.35. The molecule has 0 amide bonds. The first-order chi connectivity index (χ1) is 9.57. The molecular weight excluding hydrogens is 302 g/mol. The monoisotopic (exact) mass is 316 g/mol. The number of nitrogens with two attached hydrogens (primary N) is 1. The Kier molecular flexibility index (Phi) is 5.57. The van der Waals surface area contributed by atoms with Gasteiger partial charge in [-0.3, -0.25) is 4.98 Å². The molecule has 0 aromatic carbocycles. The van der Waals surface area contributed by atoms with Crippen molar-refractivity contribution >= 4 is 0 Å². The SMILES string of the molecule is CCC(N)C(OC(C(F)(F)F)C(F)(F)F)c1ccncc1. The summed E-state index contributed by atoms with van der Waals surface area (Å²) >= 11 is 0. The lowest BCUT2D eigenvalue weighted by Gasteiger charge is -2.31. The van der Waals surface area contributed by atoms with E-state index in [1.165, 1.54) is 24.5 Å². The molecule has 0 aliphatic carbocycles. The van der Waals surface area contributed by atoms with Gasteiger partial charge in [0.15, 0.2) is 0 Å². The fourth-order valence-corrected chi connectivity index (χ4v) is 1.68. The van der Waals surface area contributed by atoms with Gasteiger partial charge in [-0.05, 0) is 24.1 Å². The Bertz CT molecular complexity index is 420. The highest BCUT2D eigenvalue weighted by Gasteiger charge is 2.59. The number of aromatic nitrogens is 1. The molecule has 0 saturated heterocycles. The second-order valence-electron chi connectivity index (χ2n) is 4.37. The number of rotatable bonds is 5. The summed E-state index contributed by atoms with van der Waals surface area (Å²) in [6.45, 7) is 1.54. The lowest BCUT2D eigenvalue weighted by molar-refractivity contribution is -0.333. The van der Waals surface area contributed by atoms with Crippen molar-refractivity contribution in [3.8, 4) is 0 Å². The Morgan fingerprint density at radius 2 is 1.57 bits per heavy atom. The van der Waals surface area contributed by atoms with E-state index in [-0.39, 0.29) is 12.0 Å². The third-order valence-electron chi connectivity index (χ3n) is 2.77. The molecular formula is C12H14F6N2O. The number of pyridine rings is 1. The summed E-state index contributed by atoms with van der Waals surface area (Å²) in [6, 6.07) is 1.52. The molecule has 1 rings (SSSR count). The topological polar surface area (TPSA) is 48.1 Å². The van der Waals surface area contributed by atoms with Gasteiger partial charge >= 0.3 is 12.4 Å². The van der Waals surface area contributed by atoms with Gasteiger partial charge in [-0.2, -0.15) is 26.3 Å². The lowest BCUT2D eigenvalue weighted by atomic mass is 10.0. The highest BCUT2D eigenvalue weighted by atomic mass is 19.4. The fourth-order valence-electron chi connectivity index (χ4n) is 1.68. The first-order valence-corrected chi connectivity index (χ1v) is 6.01. The van der Waals surface area contributed by atoms with Crippen LogP contribution in [0.25, 0.3) is 0 Å². The second kappa shape index (κ2) is 6.61. The quantitative estimate of drug-likeness (QED) is 0.847. The summed E-state index contributed by atoms with van der Waals surface area (Å²) in [5.41, 5.74) is 5.71. The van der Waals surface area contributed by atoms with Crippen LogP contribution in [-0.2, 0) is 4.74 Å². The molecule has 1 aromatic rings. The molecule has 2 unspecified atom stereocenters. The molecule has 1 heterocycles. The van der Waals surface area contributed by atoms with Gasteiger partial charge in [-0.25, -0.2) is 0 Å². The lowest BCUT2D eigenvalue weighted by Crippen LogP contribution is -2.47. The van der Waals surface area contributed by atoms with E-state index in [0.717, 1.165) is 0 Å². The van der Waals surface area contributed by atoms with Gasteiger partial charge in [0.05, 0.1) is 6.10 Å². The van der Waals surface area contributed by atoms with Gasteiger partial charge in [-0.1, -0.05) is 6.92 Å². The minimum absolute atomic E-state index is 0.109. The Labute approximate surface area is 117 Å². The van der Waals surface area contributed by atoms with E-state index in [1.807, 2.05) is 0 Å². The maximum atomic E-state index is 12.6. The van der Waals surface area contributed by atoms with Gasteiger partial charge in [0.1, 0.15) is 0 Å². The van der Waals surface area contributed by atoms with Gasteiger partial charge in [0.25, 0.3) is 0 Å². The van der Waals surface area contributed by atoms with Crippen LogP contribution in [0, 0.1) is 0 Å². The number of halogens is 6. The normalized spacial score (nSPS) is 16.0. The number of hydrogen-bond acceptors (Lipinski definition) is 3. The van der Waals surface area contributed by atoms with Crippen molar-refractivity contribution in [1.82, 2.24) is 4.98 Å². The zero-order valence-electron chi connectivity index (χ0n) is 10.9. The Morgan fingerprint density at radius 3 is 1.95 bits per heavy atom. The Balaban J connectivity index is 3.10. The first kappa shape index (κ1) is 17.7. The van der Waals surface area contributed by atoms with Crippen LogP contribution in [0.1, 0.15) is 25.0 Å². The van der Waals surface area contributed by atoms with Gasteiger partial charge in [0.2, 0.25) is 6.10 Å². The van der Waals surface area contributed by atoms with Crippen LogP contribution in [0.4, 0.5) is 26.3 Å². The molecule has 9 heteroatoms. The second-order valence-corrected chi connectivity index (χ2v) is 4.37. The van der Waals surface area contributed by atoms with Crippen LogP contribution in [0.15, 0.2) is 24.5 Å². The molecule has 0 fully saturated rings. The predicted octanol–water partition coefficient (Wildman–Crippen LogP) is 3.37. The molecule has 3 nitrogen and oxygen atoms in total.